The Bertz CT molecular complexity index is 377. The van der Waals surface area contributed by atoms with Crippen LogP contribution in [-0.2, 0) is 6.18 Å². The maximum absolute atomic E-state index is 12.2. The minimum Gasteiger partial charge on any atom is -0.409 e. The zero-order valence-corrected chi connectivity index (χ0v) is 8.72. The Morgan fingerprint density at radius 2 is 2.19 bits per heavy atom. The number of rotatable bonds is 3. The van der Waals surface area contributed by atoms with Crippen LogP contribution in [0, 0.1) is 0 Å². The summed E-state index contributed by atoms with van der Waals surface area (Å²) in [6.07, 6.45) is -3.64. The first-order valence-electron chi connectivity index (χ1n) is 4.06. The van der Waals surface area contributed by atoms with Crippen LogP contribution in [0.4, 0.5) is 13.2 Å². The Labute approximate surface area is 93.3 Å². The lowest BCUT2D eigenvalue weighted by Crippen LogP contribution is -2.14. The van der Waals surface area contributed by atoms with Crippen molar-refractivity contribution in [3.63, 3.8) is 0 Å². The quantitative estimate of drug-likeness (QED) is 0.283. The Kier molecular flexibility index (Phi) is 3.99. The molecule has 0 saturated carbocycles. The standard InChI is InChI=1S/C8H8F3N3OS/c9-8(10,11)5-1-2-7(13-3-5)16-4-6(12)14-15/h1-3,15H,4H2,(H2,12,14). The summed E-state index contributed by atoms with van der Waals surface area (Å²) in [5, 5.41) is 11.3. The van der Waals surface area contributed by atoms with Crippen LogP contribution < -0.4 is 5.73 Å². The predicted molar refractivity (Wildman–Crippen MR) is 53.4 cm³/mol. The summed E-state index contributed by atoms with van der Waals surface area (Å²) in [5.41, 5.74) is 4.39. The Hall–Kier alpha value is -1.44. The molecule has 1 heterocycles. The van der Waals surface area contributed by atoms with Crippen LogP contribution in [-0.4, -0.2) is 21.8 Å². The van der Waals surface area contributed by atoms with Gasteiger partial charge in [-0.2, -0.15) is 13.2 Å². The van der Waals surface area contributed by atoms with E-state index in [1.54, 1.807) is 0 Å². The molecule has 0 unspecified atom stereocenters. The number of thioether (sulfide) groups is 1. The van der Waals surface area contributed by atoms with Gasteiger partial charge in [0.2, 0.25) is 0 Å². The molecular weight excluding hydrogens is 243 g/mol. The van der Waals surface area contributed by atoms with Gasteiger partial charge >= 0.3 is 6.18 Å². The van der Waals surface area contributed by atoms with E-state index in [4.69, 9.17) is 10.9 Å². The molecule has 0 amide bonds. The molecule has 16 heavy (non-hydrogen) atoms. The van der Waals surface area contributed by atoms with Crippen molar-refractivity contribution in [3.05, 3.63) is 23.9 Å². The van der Waals surface area contributed by atoms with Crippen molar-refractivity contribution in [2.24, 2.45) is 10.9 Å². The number of amidine groups is 1. The molecule has 0 radical (unpaired) electrons. The first kappa shape index (κ1) is 12.6. The molecule has 0 aliphatic heterocycles. The molecule has 1 rings (SSSR count). The van der Waals surface area contributed by atoms with E-state index in [0.717, 1.165) is 24.0 Å². The average Bonchev–Trinajstić information content (AvgIpc) is 2.25. The second kappa shape index (κ2) is 5.06. The number of pyridine rings is 1. The Morgan fingerprint density at radius 3 is 2.62 bits per heavy atom. The van der Waals surface area contributed by atoms with Gasteiger partial charge in [-0.25, -0.2) is 4.98 Å². The van der Waals surface area contributed by atoms with Crippen molar-refractivity contribution in [1.82, 2.24) is 4.98 Å². The molecule has 3 N–H and O–H groups in total. The molecule has 0 aromatic carbocycles. The van der Waals surface area contributed by atoms with Gasteiger partial charge in [0.1, 0.15) is 5.84 Å². The van der Waals surface area contributed by atoms with Gasteiger partial charge < -0.3 is 10.9 Å². The van der Waals surface area contributed by atoms with Gasteiger partial charge in [0.15, 0.2) is 0 Å². The number of aromatic nitrogens is 1. The lowest BCUT2D eigenvalue weighted by molar-refractivity contribution is -0.137. The van der Waals surface area contributed by atoms with Crippen molar-refractivity contribution >= 4 is 17.6 Å². The van der Waals surface area contributed by atoms with Crippen LogP contribution in [0.1, 0.15) is 5.56 Å². The fraction of sp³-hybridized carbons (Fsp3) is 0.250. The fourth-order valence-corrected chi connectivity index (χ4v) is 1.46. The van der Waals surface area contributed by atoms with E-state index >= 15 is 0 Å². The highest BCUT2D eigenvalue weighted by molar-refractivity contribution is 7.99. The summed E-state index contributed by atoms with van der Waals surface area (Å²) in [5.74, 6) is 0.140. The Balaban J connectivity index is 2.65. The molecule has 0 aliphatic rings. The molecule has 4 nitrogen and oxygen atoms in total. The lowest BCUT2D eigenvalue weighted by atomic mass is 10.3. The van der Waals surface area contributed by atoms with E-state index in [1.807, 2.05) is 0 Å². The van der Waals surface area contributed by atoms with Gasteiger partial charge in [-0.1, -0.05) is 16.9 Å². The van der Waals surface area contributed by atoms with E-state index in [-0.39, 0.29) is 11.6 Å². The van der Waals surface area contributed by atoms with Crippen molar-refractivity contribution < 1.29 is 18.4 Å². The highest BCUT2D eigenvalue weighted by atomic mass is 32.2. The third-order valence-corrected chi connectivity index (χ3v) is 2.54. The van der Waals surface area contributed by atoms with E-state index in [0.29, 0.717) is 5.03 Å². The number of alkyl halides is 3. The van der Waals surface area contributed by atoms with Crippen molar-refractivity contribution in [1.29, 1.82) is 0 Å². The molecule has 0 fully saturated rings. The zero-order valence-electron chi connectivity index (χ0n) is 7.90. The van der Waals surface area contributed by atoms with E-state index in [9.17, 15) is 13.2 Å². The summed E-state index contributed by atoms with van der Waals surface area (Å²) in [6, 6.07) is 2.17. The minimum atomic E-state index is -4.39. The van der Waals surface area contributed by atoms with Gasteiger partial charge in [0.05, 0.1) is 16.3 Å². The predicted octanol–water partition coefficient (Wildman–Crippen LogP) is 1.94. The second-order valence-corrected chi connectivity index (χ2v) is 3.76. The van der Waals surface area contributed by atoms with Gasteiger partial charge in [0.25, 0.3) is 0 Å². The Morgan fingerprint density at radius 1 is 1.50 bits per heavy atom. The van der Waals surface area contributed by atoms with E-state index in [1.165, 1.54) is 6.07 Å². The topological polar surface area (TPSA) is 71.5 Å². The molecule has 88 valence electrons. The summed E-state index contributed by atoms with van der Waals surface area (Å²) >= 11 is 1.08. The van der Waals surface area contributed by atoms with Crippen LogP contribution in [0.2, 0.25) is 0 Å². The molecule has 8 heteroatoms. The number of nitrogens with two attached hydrogens (primary N) is 1. The van der Waals surface area contributed by atoms with Crippen molar-refractivity contribution in [2.45, 2.75) is 11.2 Å². The third kappa shape index (κ3) is 3.61. The van der Waals surface area contributed by atoms with E-state index < -0.39 is 11.7 Å². The molecule has 0 atom stereocenters. The summed E-state index contributed by atoms with van der Waals surface area (Å²) in [6.45, 7) is 0. The van der Waals surface area contributed by atoms with E-state index in [2.05, 4.69) is 10.1 Å². The van der Waals surface area contributed by atoms with Gasteiger partial charge in [-0.3, -0.25) is 0 Å². The van der Waals surface area contributed by atoms with Crippen LogP contribution in [0.5, 0.6) is 0 Å². The van der Waals surface area contributed by atoms with Crippen molar-refractivity contribution in [3.8, 4) is 0 Å². The molecular formula is C8H8F3N3OS. The van der Waals surface area contributed by atoms with Crippen LogP contribution >= 0.6 is 11.8 Å². The average molecular weight is 251 g/mol. The van der Waals surface area contributed by atoms with Gasteiger partial charge in [0, 0.05) is 6.20 Å². The smallest absolute Gasteiger partial charge is 0.409 e. The number of oxime groups is 1. The maximum Gasteiger partial charge on any atom is 0.417 e. The van der Waals surface area contributed by atoms with Crippen LogP contribution in [0.25, 0.3) is 0 Å². The first-order valence-corrected chi connectivity index (χ1v) is 5.04. The fourth-order valence-electron chi connectivity index (χ4n) is 0.810. The highest BCUT2D eigenvalue weighted by Gasteiger charge is 2.30. The second-order valence-electron chi connectivity index (χ2n) is 2.76. The lowest BCUT2D eigenvalue weighted by Gasteiger charge is -2.06. The third-order valence-electron chi connectivity index (χ3n) is 1.56. The SMILES string of the molecule is NC(CSc1ccc(C(F)(F)F)cn1)=NO. The number of nitrogens with zero attached hydrogens (tertiary/aromatic N) is 2. The summed E-state index contributed by atoms with van der Waals surface area (Å²) in [4.78, 5) is 3.60. The molecule has 1 aromatic rings. The molecule has 0 aliphatic carbocycles. The minimum absolute atomic E-state index is 0.0216. The maximum atomic E-state index is 12.2. The molecule has 0 spiro atoms. The van der Waals surface area contributed by atoms with Crippen LogP contribution in [0.15, 0.2) is 28.5 Å². The van der Waals surface area contributed by atoms with Gasteiger partial charge in [-0.15, -0.1) is 0 Å². The van der Waals surface area contributed by atoms with Gasteiger partial charge in [-0.05, 0) is 12.1 Å². The summed E-state index contributed by atoms with van der Waals surface area (Å²) in [7, 11) is 0. The monoisotopic (exact) mass is 251 g/mol. The highest BCUT2D eigenvalue weighted by Crippen LogP contribution is 2.29. The normalized spacial score (nSPS) is 12.8. The largest absolute Gasteiger partial charge is 0.417 e. The molecule has 0 saturated heterocycles. The number of hydrogen-bond acceptors (Lipinski definition) is 4. The summed E-state index contributed by atoms with van der Waals surface area (Å²) < 4.78 is 36.5. The molecule has 1 aromatic heterocycles. The first-order chi connectivity index (χ1) is 7.43. The van der Waals surface area contributed by atoms with Crippen molar-refractivity contribution in [2.75, 3.05) is 5.75 Å². The number of hydrogen-bond donors (Lipinski definition) is 2. The number of halogens is 3. The molecule has 0 bridgehead atoms. The van der Waals surface area contributed by atoms with Crippen LogP contribution in [0.3, 0.4) is 0 Å². The zero-order chi connectivity index (χ0) is 12.2.